The van der Waals surface area contributed by atoms with Crippen LogP contribution in [0.15, 0.2) is 0 Å². The smallest absolute Gasteiger partial charge is 0.379 e. The Kier molecular flexibility index (Phi) is 7.94. The van der Waals surface area contributed by atoms with E-state index in [1.54, 1.807) is 7.11 Å². The molecule has 0 aromatic heterocycles. The molecule has 2 aliphatic heterocycles. The normalized spacial score (nSPS) is 33.8. The van der Waals surface area contributed by atoms with E-state index in [0.29, 0.717) is 6.61 Å². The highest BCUT2D eigenvalue weighted by molar-refractivity contribution is 6.60. The van der Waals surface area contributed by atoms with Crippen LogP contribution in [0.4, 0.5) is 0 Å². The molecular formula is C16H34N2O4Si. The van der Waals surface area contributed by atoms with Crippen molar-refractivity contribution in [1.82, 2.24) is 9.80 Å². The highest BCUT2D eigenvalue weighted by atomic mass is 28.4. The van der Waals surface area contributed by atoms with Gasteiger partial charge in [0.2, 0.25) is 0 Å². The fourth-order valence-electron chi connectivity index (χ4n) is 3.40. The standard InChI is InChI=1S/C16H34N2O4Si/c1-5-17(6-2)8-9-18-12-15(3)21-23(19-4)11-7-10-20-14-16(13-18)22-23/h15-16H,5-14H2,1-4H3. The number of likely N-dealkylation sites (N-methyl/N-ethyl adjacent to an activating group) is 1. The van der Waals surface area contributed by atoms with Gasteiger partial charge in [-0.25, -0.2) is 0 Å². The number of ether oxygens (including phenoxy) is 1. The lowest BCUT2D eigenvalue weighted by atomic mass is 10.3. The van der Waals surface area contributed by atoms with Crippen molar-refractivity contribution in [2.45, 2.75) is 45.4 Å². The first-order valence-corrected chi connectivity index (χ1v) is 11.0. The zero-order valence-corrected chi connectivity index (χ0v) is 16.3. The van der Waals surface area contributed by atoms with Crippen LogP contribution in [0.3, 0.4) is 0 Å². The number of hydrogen-bond acceptors (Lipinski definition) is 6. The summed E-state index contributed by atoms with van der Waals surface area (Å²) in [6.07, 6.45) is 1.14. The lowest BCUT2D eigenvalue weighted by molar-refractivity contribution is -0.0664. The van der Waals surface area contributed by atoms with Crippen LogP contribution in [0.5, 0.6) is 0 Å². The summed E-state index contributed by atoms with van der Waals surface area (Å²) >= 11 is 0. The van der Waals surface area contributed by atoms with E-state index in [2.05, 4.69) is 30.6 Å². The second-order valence-electron chi connectivity index (χ2n) is 6.52. The number of rotatable bonds is 6. The number of hydrogen-bond donors (Lipinski definition) is 0. The molecule has 0 aromatic carbocycles. The van der Waals surface area contributed by atoms with E-state index in [1.165, 1.54) is 0 Å². The molecule has 2 heterocycles. The van der Waals surface area contributed by atoms with Gasteiger partial charge in [0.25, 0.3) is 0 Å². The van der Waals surface area contributed by atoms with Crippen molar-refractivity contribution in [2.24, 2.45) is 0 Å². The van der Waals surface area contributed by atoms with E-state index in [4.69, 9.17) is 18.0 Å². The summed E-state index contributed by atoms with van der Waals surface area (Å²) in [7, 11) is -0.806. The van der Waals surface area contributed by atoms with E-state index in [0.717, 1.165) is 58.3 Å². The van der Waals surface area contributed by atoms with Crippen LogP contribution in [-0.4, -0.2) is 90.4 Å². The maximum Gasteiger partial charge on any atom is 0.501 e. The van der Waals surface area contributed by atoms with Crippen LogP contribution in [0, 0.1) is 0 Å². The van der Waals surface area contributed by atoms with Crippen molar-refractivity contribution < 1.29 is 18.0 Å². The average molecular weight is 347 g/mol. The van der Waals surface area contributed by atoms with Gasteiger partial charge in [-0.05, 0) is 26.4 Å². The summed E-state index contributed by atoms with van der Waals surface area (Å²) in [5.74, 6) is 0. The van der Waals surface area contributed by atoms with Gasteiger partial charge in [0.1, 0.15) is 0 Å². The van der Waals surface area contributed by atoms with Crippen LogP contribution >= 0.6 is 0 Å². The molecule has 3 atom stereocenters. The summed E-state index contributed by atoms with van der Waals surface area (Å²) in [4.78, 5) is 4.90. The monoisotopic (exact) mass is 346 g/mol. The molecule has 7 heteroatoms. The Labute approximate surface area is 142 Å². The van der Waals surface area contributed by atoms with E-state index in [1.807, 2.05) is 0 Å². The van der Waals surface area contributed by atoms with Gasteiger partial charge < -0.3 is 22.9 Å². The second-order valence-corrected chi connectivity index (χ2v) is 9.27. The van der Waals surface area contributed by atoms with E-state index < -0.39 is 8.80 Å². The Balaban J connectivity index is 2.00. The molecule has 0 radical (unpaired) electrons. The minimum Gasteiger partial charge on any atom is -0.379 e. The molecule has 3 unspecified atom stereocenters. The first-order valence-electron chi connectivity index (χ1n) is 9.04. The van der Waals surface area contributed by atoms with Crippen molar-refractivity contribution in [1.29, 1.82) is 0 Å². The SMILES string of the molecule is CCN(CC)CCN1CC(C)O[Si]2(OC)CCCOCC(C1)O2. The van der Waals surface area contributed by atoms with Gasteiger partial charge in [-0.2, -0.15) is 0 Å². The molecule has 2 saturated heterocycles. The van der Waals surface area contributed by atoms with Crippen LogP contribution in [0.25, 0.3) is 0 Å². The minimum absolute atomic E-state index is 0.0473. The average Bonchev–Trinajstić information content (AvgIpc) is 2.50. The first kappa shape index (κ1) is 19.3. The third-order valence-corrected chi connectivity index (χ3v) is 7.76. The summed E-state index contributed by atoms with van der Waals surface area (Å²) in [5.41, 5.74) is 0. The summed E-state index contributed by atoms with van der Waals surface area (Å²) in [6.45, 7) is 14.1. The Morgan fingerprint density at radius 2 is 2.00 bits per heavy atom. The maximum atomic E-state index is 6.34. The van der Waals surface area contributed by atoms with Crippen molar-refractivity contribution in [3.05, 3.63) is 0 Å². The number of nitrogens with zero attached hydrogens (tertiary/aromatic N) is 2. The van der Waals surface area contributed by atoms with Crippen molar-refractivity contribution in [3.63, 3.8) is 0 Å². The van der Waals surface area contributed by atoms with Crippen LogP contribution in [0.2, 0.25) is 6.04 Å². The predicted molar refractivity (Wildman–Crippen MR) is 92.7 cm³/mol. The van der Waals surface area contributed by atoms with Crippen LogP contribution in [-0.2, 0) is 18.0 Å². The molecule has 0 spiro atoms. The van der Waals surface area contributed by atoms with Crippen molar-refractivity contribution >= 4 is 8.80 Å². The first-order chi connectivity index (χ1) is 11.1. The molecule has 0 N–H and O–H groups in total. The van der Waals surface area contributed by atoms with Crippen molar-refractivity contribution in [2.75, 3.05) is 59.6 Å². The Hall–Kier alpha value is -0.0231. The molecule has 0 amide bonds. The zero-order valence-electron chi connectivity index (χ0n) is 15.3. The van der Waals surface area contributed by atoms with Gasteiger partial charge in [0, 0.05) is 45.9 Å². The molecule has 2 rings (SSSR count). The predicted octanol–water partition coefficient (Wildman–Crippen LogP) is 1.44. The van der Waals surface area contributed by atoms with Crippen LogP contribution in [0.1, 0.15) is 27.2 Å². The van der Waals surface area contributed by atoms with Gasteiger partial charge >= 0.3 is 8.80 Å². The highest BCUT2D eigenvalue weighted by Gasteiger charge is 2.46. The lowest BCUT2D eigenvalue weighted by Crippen LogP contribution is -2.58. The summed E-state index contributed by atoms with van der Waals surface area (Å²) < 4.78 is 24.2. The van der Waals surface area contributed by atoms with E-state index in [-0.39, 0.29) is 12.2 Å². The Bertz CT molecular complexity index is 346. The third-order valence-electron chi connectivity index (χ3n) is 4.72. The molecule has 6 nitrogen and oxygen atoms in total. The van der Waals surface area contributed by atoms with Gasteiger partial charge in [0.15, 0.2) is 0 Å². The van der Waals surface area contributed by atoms with Crippen molar-refractivity contribution in [3.8, 4) is 0 Å². The molecule has 2 aliphatic rings. The van der Waals surface area contributed by atoms with Gasteiger partial charge in [0.05, 0.1) is 18.8 Å². The Morgan fingerprint density at radius 1 is 1.22 bits per heavy atom. The third kappa shape index (κ3) is 5.77. The quantitative estimate of drug-likeness (QED) is 0.678. The summed E-state index contributed by atoms with van der Waals surface area (Å²) in [6, 6.07) is 0.851. The minimum atomic E-state index is -2.54. The molecule has 136 valence electrons. The molecule has 0 aromatic rings. The van der Waals surface area contributed by atoms with Crippen LogP contribution < -0.4 is 0 Å². The zero-order chi connectivity index (χ0) is 16.7. The maximum absolute atomic E-state index is 6.34. The van der Waals surface area contributed by atoms with Gasteiger partial charge in [-0.1, -0.05) is 13.8 Å². The molecule has 0 saturated carbocycles. The fraction of sp³-hybridized carbons (Fsp3) is 1.00. The molecule has 2 fully saturated rings. The fourth-order valence-corrected chi connectivity index (χ4v) is 6.01. The topological polar surface area (TPSA) is 43.4 Å². The molecule has 2 bridgehead atoms. The Morgan fingerprint density at radius 3 is 2.70 bits per heavy atom. The molecular weight excluding hydrogens is 312 g/mol. The largest absolute Gasteiger partial charge is 0.501 e. The lowest BCUT2D eigenvalue weighted by Gasteiger charge is -2.41. The molecule has 23 heavy (non-hydrogen) atoms. The molecule has 0 aliphatic carbocycles. The van der Waals surface area contributed by atoms with Gasteiger partial charge in [-0.15, -0.1) is 0 Å². The van der Waals surface area contributed by atoms with E-state index >= 15 is 0 Å². The second kappa shape index (κ2) is 9.46. The highest BCUT2D eigenvalue weighted by Crippen LogP contribution is 2.25. The summed E-state index contributed by atoms with van der Waals surface area (Å²) in [5, 5.41) is 0. The van der Waals surface area contributed by atoms with Gasteiger partial charge in [-0.3, -0.25) is 4.90 Å². The number of fused-ring (bicyclic) bond motifs is 2. The van der Waals surface area contributed by atoms with E-state index in [9.17, 15) is 0 Å².